The Bertz CT molecular complexity index is 568. The highest BCUT2D eigenvalue weighted by Gasteiger charge is 2.44. The van der Waals surface area contributed by atoms with Gasteiger partial charge in [-0.1, -0.05) is 43.7 Å². The molecule has 1 saturated carbocycles. The van der Waals surface area contributed by atoms with Crippen molar-refractivity contribution in [2.75, 3.05) is 7.05 Å². The van der Waals surface area contributed by atoms with Crippen molar-refractivity contribution in [1.82, 2.24) is 5.32 Å². The number of hydrogen-bond acceptors (Lipinski definition) is 2. The molecule has 112 valence electrons. The molecule has 0 amide bonds. The van der Waals surface area contributed by atoms with Gasteiger partial charge in [0.1, 0.15) is 0 Å². The highest BCUT2D eigenvalue weighted by Crippen LogP contribution is 2.47. The van der Waals surface area contributed by atoms with Gasteiger partial charge in [-0.15, -0.1) is 11.3 Å². The van der Waals surface area contributed by atoms with E-state index in [1.54, 1.807) is 0 Å². The van der Waals surface area contributed by atoms with Crippen molar-refractivity contribution >= 4 is 11.3 Å². The van der Waals surface area contributed by atoms with Gasteiger partial charge in [-0.05, 0) is 50.4 Å². The number of aryl methyl sites for hydroxylation is 1. The Hall–Kier alpha value is -1.12. The van der Waals surface area contributed by atoms with Crippen LogP contribution < -0.4 is 5.32 Å². The molecule has 1 fully saturated rings. The SMILES string of the molecule is CCc1ccc(CC(NC)C2(c3ccccc3)CCC2)s1. The van der Waals surface area contributed by atoms with E-state index in [1.165, 1.54) is 34.6 Å². The van der Waals surface area contributed by atoms with E-state index in [1.807, 2.05) is 11.3 Å². The van der Waals surface area contributed by atoms with Gasteiger partial charge in [-0.2, -0.15) is 0 Å². The molecule has 0 aliphatic heterocycles. The minimum atomic E-state index is 0.340. The first-order valence-corrected chi connectivity index (χ1v) is 8.90. The van der Waals surface area contributed by atoms with Crippen LogP contribution in [-0.2, 0) is 18.3 Å². The minimum Gasteiger partial charge on any atom is -0.316 e. The molecule has 0 saturated heterocycles. The van der Waals surface area contributed by atoms with Crippen LogP contribution in [0.4, 0.5) is 0 Å². The summed E-state index contributed by atoms with van der Waals surface area (Å²) in [5.41, 5.74) is 1.86. The molecular formula is C19H25NS. The van der Waals surface area contributed by atoms with Crippen LogP contribution in [0.5, 0.6) is 0 Å². The number of hydrogen-bond donors (Lipinski definition) is 1. The van der Waals surface area contributed by atoms with Crippen molar-refractivity contribution in [3.8, 4) is 0 Å². The smallest absolute Gasteiger partial charge is 0.0209 e. The summed E-state index contributed by atoms with van der Waals surface area (Å²) in [6.45, 7) is 2.24. The molecule has 1 aliphatic carbocycles. The van der Waals surface area contributed by atoms with Crippen molar-refractivity contribution in [3.05, 3.63) is 57.8 Å². The Morgan fingerprint density at radius 1 is 1.10 bits per heavy atom. The molecule has 1 aromatic heterocycles. The van der Waals surface area contributed by atoms with E-state index in [0.29, 0.717) is 11.5 Å². The fraction of sp³-hybridized carbons (Fsp3) is 0.474. The Morgan fingerprint density at radius 3 is 2.33 bits per heavy atom. The van der Waals surface area contributed by atoms with Gasteiger partial charge in [-0.3, -0.25) is 0 Å². The lowest BCUT2D eigenvalue weighted by molar-refractivity contribution is 0.174. The fourth-order valence-corrected chi connectivity index (χ4v) is 4.67. The summed E-state index contributed by atoms with van der Waals surface area (Å²) in [6.07, 6.45) is 6.29. The molecule has 21 heavy (non-hydrogen) atoms. The normalized spacial score (nSPS) is 18.2. The first kappa shape index (κ1) is 14.8. The summed E-state index contributed by atoms with van der Waals surface area (Å²) in [4.78, 5) is 3.02. The molecule has 0 radical (unpaired) electrons. The van der Waals surface area contributed by atoms with Crippen molar-refractivity contribution in [1.29, 1.82) is 0 Å². The number of thiophene rings is 1. The molecular weight excluding hydrogens is 274 g/mol. The van der Waals surface area contributed by atoms with E-state index in [0.717, 1.165) is 12.8 Å². The third-order valence-corrected chi connectivity index (χ3v) is 6.33. The molecule has 1 N–H and O–H groups in total. The van der Waals surface area contributed by atoms with E-state index >= 15 is 0 Å². The number of rotatable bonds is 6. The summed E-state index contributed by atoms with van der Waals surface area (Å²) in [7, 11) is 2.13. The second-order valence-corrected chi connectivity index (χ2v) is 7.40. The van der Waals surface area contributed by atoms with Gasteiger partial charge in [0, 0.05) is 21.2 Å². The van der Waals surface area contributed by atoms with Crippen LogP contribution in [0, 0.1) is 0 Å². The van der Waals surface area contributed by atoms with E-state index < -0.39 is 0 Å². The Labute approximate surface area is 132 Å². The zero-order valence-corrected chi connectivity index (χ0v) is 13.9. The van der Waals surface area contributed by atoms with Crippen LogP contribution >= 0.6 is 11.3 Å². The first-order chi connectivity index (χ1) is 10.3. The second kappa shape index (κ2) is 6.33. The van der Waals surface area contributed by atoms with E-state index in [2.05, 4.69) is 61.8 Å². The zero-order chi connectivity index (χ0) is 14.7. The van der Waals surface area contributed by atoms with Crippen molar-refractivity contribution in [2.45, 2.75) is 50.5 Å². The van der Waals surface area contributed by atoms with Crippen LogP contribution in [0.15, 0.2) is 42.5 Å². The highest BCUT2D eigenvalue weighted by atomic mass is 32.1. The maximum atomic E-state index is 3.63. The summed E-state index contributed by atoms with van der Waals surface area (Å²) < 4.78 is 0. The predicted octanol–water partition coefficient (Wildman–Crippen LogP) is 4.56. The lowest BCUT2D eigenvalue weighted by Gasteiger charge is -2.48. The molecule has 0 bridgehead atoms. The monoisotopic (exact) mass is 299 g/mol. The Balaban J connectivity index is 1.84. The first-order valence-electron chi connectivity index (χ1n) is 8.09. The van der Waals surface area contributed by atoms with Crippen molar-refractivity contribution < 1.29 is 0 Å². The van der Waals surface area contributed by atoms with Crippen LogP contribution in [0.2, 0.25) is 0 Å². The summed E-state index contributed by atoms with van der Waals surface area (Å²) in [5, 5.41) is 3.63. The number of benzene rings is 1. The number of nitrogens with one attached hydrogen (secondary N) is 1. The zero-order valence-electron chi connectivity index (χ0n) is 13.1. The summed E-state index contributed by atoms with van der Waals surface area (Å²) in [5.74, 6) is 0. The van der Waals surface area contributed by atoms with Crippen LogP contribution in [0.25, 0.3) is 0 Å². The largest absolute Gasteiger partial charge is 0.316 e. The number of likely N-dealkylation sites (N-methyl/N-ethyl adjacent to an activating group) is 1. The maximum Gasteiger partial charge on any atom is 0.0209 e. The van der Waals surface area contributed by atoms with Crippen LogP contribution in [0.1, 0.15) is 41.5 Å². The second-order valence-electron chi connectivity index (χ2n) is 6.14. The molecule has 1 aliphatic rings. The van der Waals surface area contributed by atoms with Crippen molar-refractivity contribution in [2.24, 2.45) is 0 Å². The third-order valence-electron chi connectivity index (χ3n) is 5.08. The van der Waals surface area contributed by atoms with Gasteiger partial charge >= 0.3 is 0 Å². The molecule has 1 aromatic carbocycles. The molecule has 1 atom stereocenters. The molecule has 1 nitrogen and oxygen atoms in total. The van der Waals surface area contributed by atoms with Gasteiger partial charge in [0.05, 0.1) is 0 Å². The molecule has 0 spiro atoms. The van der Waals surface area contributed by atoms with E-state index in [9.17, 15) is 0 Å². The minimum absolute atomic E-state index is 0.340. The molecule has 1 heterocycles. The average Bonchev–Trinajstić information content (AvgIpc) is 2.94. The lowest BCUT2D eigenvalue weighted by Crippen LogP contribution is -2.52. The van der Waals surface area contributed by atoms with Crippen LogP contribution in [-0.4, -0.2) is 13.1 Å². The van der Waals surface area contributed by atoms with Gasteiger partial charge in [0.25, 0.3) is 0 Å². The quantitative estimate of drug-likeness (QED) is 0.824. The lowest BCUT2D eigenvalue weighted by atomic mass is 9.59. The standard InChI is InChI=1S/C19H25NS/c1-3-16-10-11-17(21-16)14-18(20-2)19(12-7-13-19)15-8-5-4-6-9-15/h4-6,8-11,18,20H,3,7,12-14H2,1-2H3. The van der Waals surface area contributed by atoms with Gasteiger partial charge in [-0.25, -0.2) is 0 Å². The Kier molecular flexibility index (Phi) is 4.46. The molecule has 1 unspecified atom stereocenters. The van der Waals surface area contributed by atoms with Crippen molar-refractivity contribution in [3.63, 3.8) is 0 Å². The molecule has 2 heteroatoms. The summed E-state index contributed by atoms with van der Waals surface area (Å²) >= 11 is 1.98. The molecule has 3 rings (SSSR count). The third kappa shape index (κ3) is 2.79. The predicted molar refractivity (Wildman–Crippen MR) is 92.2 cm³/mol. The fourth-order valence-electron chi connectivity index (χ4n) is 3.66. The average molecular weight is 299 g/mol. The van der Waals surface area contributed by atoms with Gasteiger partial charge in [0.2, 0.25) is 0 Å². The summed E-state index contributed by atoms with van der Waals surface area (Å²) in [6, 6.07) is 16.3. The van der Waals surface area contributed by atoms with E-state index in [4.69, 9.17) is 0 Å². The van der Waals surface area contributed by atoms with Gasteiger partial charge < -0.3 is 5.32 Å². The van der Waals surface area contributed by atoms with E-state index in [-0.39, 0.29) is 0 Å². The molecule has 2 aromatic rings. The maximum absolute atomic E-state index is 3.63. The highest BCUT2D eigenvalue weighted by molar-refractivity contribution is 7.11. The van der Waals surface area contributed by atoms with Gasteiger partial charge in [0.15, 0.2) is 0 Å². The Morgan fingerprint density at radius 2 is 1.81 bits per heavy atom. The topological polar surface area (TPSA) is 12.0 Å². The van der Waals surface area contributed by atoms with Crippen LogP contribution in [0.3, 0.4) is 0 Å².